The Morgan fingerprint density at radius 3 is 2.65 bits per heavy atom. The fourth-order valence-electron chi connectivity index (χ4n) is 1.74. The lowest BCUT2D eigenvalue weighted by Crippen LogP contribution is -2.39. The van der Waals surface area contributed by atoms with E-state index in [1.165, 1.54) is 12.0 Å². The van der Waals surface area contributed by atoms with Gasteiger partial charge in [0.15, 0.2) is 6.04 Å². The monoisotopic (exact) mass is 236 g/mol. The van der Waals surface area contributed by atoms with Gasteiger partial charge in [-0.05, 0) is 24.3 Å². The second-order valence-electron chi connectivity index (χ2n) is 3.61. The van der Waals surface area contributed by atoms with Crippen LogP contribution in [0.1, 0.15) is 0 Å². The van der Waals surface area contributed by atoms with Crippen molar-refractivity contribution >= 4 is 17.7 Å². The predicted molar refractivity (Wildman–Crippen MR) is 60.3 cm³/mol. The van der Waals surface area contributed by atoms with Crippen molar-refractivity contribution in [2.75, 3.05) is 18.6 Å². The number of urea groups is 1. The number of nitrogens with one attached hydrogen (secondary N) is 1. The SMILES string of the molecule is COc1ccc(N2C(=O)NCC2C(=O)O)cc1. The van der Waals surface area contributed by atoms with Crippen LogP contribution < -0.4 is 15.0 Å². The molecular formula is C11H12N2O4. The van der Waals surface area contributed by atoms with Crippen LogP contribution in [0.3, 0.4) is 0 Å². The second-order valence-corrected chi connectivity index (χ2v) is 3.61. The van der Waals surface area contributed by atoms with Crippen LogP contribution in [0.15, 0.2) is 24.3 Å². The number of rotatable bonds is 3. The van der Waals surface area contributed by atoms with Gasteiger partial charge in [0, 0.05) is 5.69 Å². The Kier molecular flexibility index (Phi) is 2.86. The van der Waals surface area contributed by atoms with Crippen LogP contribution in [-0.2, 0) is 4.79 Å². The zero-order valence-electron chi connectivity index (χ0n) is 9.21. The van der Waals surface area contributed by atoms with Gasteiger partial charge in [0.1, 0.15) is 5.75 Å². The third-order valence-corrected chi connectivity index (χ3v) is 2.61. The predicted octanol–water partition coefficient (Wildman–Crippen LogP) is 0.678. The number of benzene rings is 1. The lowest BCUT2D eigenvalue weighted by molar-refractivity contribution is -0.137. The van der Waals surface area contributed by atoms with Crippen molar-refractivity contribution in [1.29, 1.82) is 0 Å². The number of carboxylic acids is 1. The highest BCUT2D eigenvalue weighted by atomic mass is 16.5. The maximum Gasteiger partial charge on any atom is 0.328 e. The highest BCUT2D eigenvalue weighted by Crippen LogP contribution is 2.23. The number of methoxy groups -OCH3 is 1. The van der Waals surface area contributed by atoms with E-state index in [2.05, 4.69) is 5.32 Å². The molecule has 1 heterocycles. The van der Waals surface area contributed by atoms with Gasteiger partial charge in [0.2, 0.25) is 0 Å². The number of amides is 2. The Morgan fingerprint density at radius 1 is 1.47 bits per heavy atom. The standard InChI is InChI=1S/C11H12N2O4/c1-17-8-4-2-7(3-5-8)13-9(10(14)15)6-12-11(13)16/h2-5,9H,6H2,1H3,(H,12,16)(H,14,15). The molecule has 1 aliphatic heterocycles. The van der Waals surface area contributed by atoms with Crippen molar-refractivity contribution in [3.05, 3.63) is 24.3 Å². The van der Waals surface area contributed by atoms with Crippen LogP contribution in [0, 0.1) is 0 Å². The Morgan fingerprint density at radius 2 is 2.12 bits per heavy atom. The molecule has 1 saturated heterocycles. The third kappa shape index (κ3) is 2.01. The molecule has 6 nitrogen and oxygen atoms in total. The number of carboxylic acid groups (broad SMARTS) is 1. The molecule has 1 atom stereocenters. The van der Waals surface area contributed by atoms with Crippen molar-refractivity contribution in [2.45, 2.75) is 6.04 Å². The van der Waals surface area contributed by atoms with E-state index in [4.69, 9.17) is 9.84 Å². The molecular weight excluding hydrogens is 224 g/mol. The lowest BCUT2D eigenvalue weighted by atomic mass is 10.2. The van der Waals surface area contributed by atoms with E-state index in [1.54, 1.807) is 24.3 Å². The molecule has 17 heavy (non-hydrogen) atoms. The first-order valence-electron chi connectivity index (χ1n) is 5.07. The maximum atomic E-state index is 11.6. The van der Waals surface area contributed by atoms with Gasteiger partial charge in [0.05, 0.1) is 13.7 Å². The molecule has 0 bridgehead atoms. The topological polar surface area (TPSA) is 78.9 Å². The van der Waals surface area contributed by atoms with Crippen LogP contribution in [0.2, 0.25) is 0 Å². The summed E-state index contributed by atoms with van der Waals surface area (Å²) in [6.07, 6.45) is 0. The minimum absolute atomic E-state index is 0.111. The fraction of sp³-hybridized carbons (Fsp3) is 0.273. The van der Waals surface area contributed by atoms with Crippen molar-refractivity contribution in [1.82, 2.24) is 5.32 Å². The molecule has 1 aliphatic rings. The number of nitrogens with zero attached hydrogens (tertiary/aromatic N) is 1. The summed E-state index contributed by atoms with van der Waals surface area (Å²) in [5.41, 5.74) is 0.535. The van der Waals surface area contributed by atoms with Crippen molar-refractivity contribution in [2.24, 2.45) is 0 Å². The molecule has 6 heteroatoms. The molecule has 2 amide bonds. The van der Waals surface area contributed by atoms with Crippen LogP contribution >= 0.6 is 0 Å². The summed E-state index contributed by atoms with van der Waals surface area (Å²) < 4.78 is 5.00. The zero-order valence-corrected chi connectivity index (χ0v) is 9.21. The van der Waals surface area contributed by atoms with Crippen molar-refractivity contribution < 1.29 is 19.4 Å². The van der Waals surface area contributed by atoms with E-state index in [0.717, 1.165) is 0 Å². The number of carbonyl (C=O) groups is 2. The Balaban J connectivity index is 2.29. The molecule has 2 N–H and O–H groups in total. The summed E-state index contributed by atoms with van der Waals surface area (Å²) in [5, 5.41) is 11.5. The van der Waals surface area contributed by atoms with Crippen molar-refractivity contribution in [3.63, 3.8) is 0 Å². The number of hydrogen-bond donors (Lipinski definition) is 2. The van der Waals surface area contributed by atoms with Crippen LogP contribution in [0.4, 0.5) is 10.5 Å². The first-order valence-corrected chi connectivity index (χ1v) is 5.07. The van der Waals surface area contributed by atoms with Gasteiger partial charge < -0.3 is 15.2 Å². The first-order chi connectivity index (χ1) is 8.13. The average Bonchev–Trinajstić information content (AvgIpc) is 2.71. The Bertz CT molecular complexity index is 443. The van der Waals surface area contributed by atoms with Gasteiger partial charge in [0.25, 0.3) is 0 Å². The largest absolute Gasteiger partial charge is 0.497 e. The van der Waals surface area contributed by atoms with E-state index in [0.29, 0.717) is 11.4 Å². The quantitative estimate of drug-likeness (QED) is 0.808. The molecule has 1 unspecified atom stereocenters. The number of anilines is 1. The molecule has 0 aliphatic carbocycles. The van der Waals surface area contributed by atoms with Gasteiger partial charge in [-0.25, -0.2) is 9.59 Å². The summed E-state index contributed by atoms with van der Waals surface area (Å²) in [6, 6.07) is 5.40. The molecule has 0 spiro atoms. The average molecular weight is 236 g/mol. The summed E-state index contributed by atoms with van der Waals surface area (Å²) in [6.45, 7) is 0.111. The van der Waals surface area contributed by atoms with E-state index in [-0.39, 0.29) is 6.54 Å². The van der Waals surface area contributed by atoms with Gasteiger partial charge in [-0.3, -0.25) is 4.90 Å². The van der Waals surface area contributed by atoms with Gasteiger partial charge in [-0.15, -0.1) is 0 Å². The van der Waals surface area contributed by atoms with Gasteiger partial charge in [-0.1, -0.05) is 0 Å². The van der Waals surface area contributed by atoms with E-state index < -0.39 is 18.0 Å². The van der Waals surface area contributed by atoms with Crippen molar-refractivity contribution in [3.8, 4) is 5.75 Å². The summed E-state index contributed by atoms with van der Waals surface area (Å²) >= 11 is 0. The third-order valence-electron chi connectivity index (χ3n) is 2.61. The summed E-state index contributed by atoms with van der Waals surface area (Å²) in [7, 11) is 1.54. The highest BCUT2D eigenvalue weighted by molar-refractivity contribution is 6.01. The molecule has 1 aromatic rings. The van der Waals surface area contributed by atoms with Crippen LogP contribution in [0.25, 0.3) is 0 Å². The second kappa shape index (κ2) is 4.32. The fourth-order valence-corrected chi connectivity index (χ4v) is 1.74. The molecule has 1 aromatic carbocycles. The van der Waals surface area contributed by atoms with E-state index in [9.17, 15) is 9.59 Å². The molecule has 0 saturated carbocycles. The van der Waals surface area contributed by atoms with Gasteiger partial charge >= 0.3 is 12.0 Å². The number of aliphatic carboxylic acids is 1. The molecule has 1 fully saturated rings. The van der Waals surface area contributed by atoms with Gasteiger partial charge in [-0.2, -0.15) is 0 Å². The molecule has 90 valence electrons. The number of hydrogen-bond acceptors (Lipinski definition) is 3. The Hall–Kier alpha value is -2.24. The smallest absolute Gasteiger partial charge is 0.328 e. The van der Waals surface area contributed by atoms with E-state index >= 15 is 0 Å². The first kappa shape index (κ1) is 11.3. The van der Waals surface area contributed by atoms with Crippen LogP contribution in [0.5, 0.6) is 5.75 Å². The lowest BCUT2D eigenvalue weighted by Gasteiger charge is -2.19. The molecule has 0 aromatic heterocycles. The zero-order chi connectivity index (χ0) is 12.4. The highest BCUT2D eigenvalue weighted by Gasteiger charge is 2.36. The number of carbonyl (C=O) groups excluding carboxylic acids is 1. The maximum absolute atomic E-state index is 11.6. The Labute approximate surface area is 97.8 Å². The summed E-state index contributed by atoms with van der Waals surface area (Å²) in [4.78, 5) is 23.8. The molecule has 0 radical (unpaired) electrons. The van der Waals surface area contributed by atoms with E-state index in [1.807, 2.05) is 0 Å². The summed E-state index contributed by atoms with van der Waals surface area (Å²) in [5.74, 6) is -0.376. The normalized spacial score (nSPS) is 19.0. The minimum atomic E-state index is -1.03. The number of ether oxygens (including phenoxy) is 1. The van der Waals surface area contributed by atoms with Crippen LogP contribution in [-0.4, -0.2) is 36.8 Å². The minimum Gasteiger partial charge on any atom is -0.497 e. The molecule has 2 rings (SSSR count).